The molecular formula is C45H48ClN5O5. The minimum Gasteiger partial charge on any atom is -0.492 e. The molecule has 4 amide bonds. The fourth-order valence-corrected chi connectivity index (χ4v) is 8.06. The van der Waals surface area contributed by atoms with E-state index in [1.165, 1.54) is 16.7 Å². The highest BCUT2D eigenvalue weighted by Gasteiger charge is 2.39. The number of rotatable bonds is 15. The number of carbonyl (C=O) groups excluding carboxylic acids is 4. The summed E-state index contributed by atoms with van der Waals surface area (Å²) in [6, 6.07) is 34.1. The molecule has 2 saturated heterocycles. The number of imide groups is 1. The molecule has 2 N–H and O–H groups in total. The summed E-state index contributed by atoms with van der Waals surface area (Å²) in [5.41, 5.74) is 8.05. The number of alkyl halides is 1. The van der Waals surface area contributed by atoms with E-state index in [1.54, 1.807) is 11.0 Å². The van der Waals surface area contributed by atoms with Crippen LogP contribution in [0.5, 0.6) is 5.75 Å². The molecule has 3 aliphatic heterocycles. The summed E-state index contributed by atoms with van der Waals surface area (Å²) in [5, 5.41) is 5.76. The third-order valence-electron chi connectivity index (χ3n) is 10.8. The first-order valence-corrected chi connectivity index (χ1v) is 20.1. The van der Waals surface area contributed by atoms with E-state index in [2.05, 4.69) is 76.2 Å². The van der Waals surface area contributed by atoms with Crippen molar-refractivity contribution in [3.8, 4) is 5.75 Å². The van der Waals surface area contributed by atoms with Crippen LogP contribution in [0.2, 0.25) is 0 Å². The highest BCUT2D eigenvalue weighted by atomic mass is 35.5. The van der Waals surface area contributed by atoms with E-state index in [9.17, 15) is 19.2 Å². The van der Waals surface area contributed by atoms with Crippen molar-refractivity contribution in [2.24, 2.45) is 0 Å². The van der Waals surface area contributed by atoms with Crippen molar-refractivity contribution in [2.75, 3.05) is 57.1 Å². The summed E-state index contributed by atoms with van der Waals surface area (Å²) in [5.74, 6) is 0.567. The molecule has 0 radical (unpaired) electrons. The third-order valence-corrected chi connectivity index (χ3v) is 11.0. The molecular weight excluding hydrogens is 726 g/mol. The first-order valence-electron chi connectivity index (χ1n) is 19.5. The van der Waals surface area contributed by atoms with Gasteiger partial charge in [-0.2, -0.15) is 0 Å². The standard InChI is InChI=1S/C45H48ClN5O5/c46-23-22-36(32-9-3-1-4-10-32)43(33-11-5-2-6-12-33)34-16-18-35(19-17-34)56-30-29-49-25-27-50(28-26-49)42(53)15-8-24-47-39-14-7-13-37-38(39)31-51(45(37)55)40-20-21-41(52)48-44(40)54/h1-7,9-14,16-19,40,47H,8,15,20-31H2,(H,48,52,54). The van der Waals surface area contributed by atoms with Crippen molar-refractivity contribution in [3.05, 3.63) is 131 Å². The minimum atomic E-state index is -0.651. The van der Waals surface area contributed by atoms with E-state index in [0.29, 0.717) is 63.5 Å². The van der Waals surface area contributed by atoms with Gasteiger partial charge in [0.05, 0.1) is 0 Å². The maximum absolute atomic E-state index is 13.1. The zero-order valence-corrected chi connectivity index (χ0v) is 32.3. The molecule has 7 rings (SSSR count). The second-order valence-electron chi connectivity index (χ2n) is 14.4. The van der Waals surface area contributed by atoms with Crippen molar-refractivity contribution in [2.45, 2.75) is 44.7 Å². The van der Waals surface area contributed by atoms with E-state index in [0.717, 1.165) is 54.2 Å². The highest BCUT2D eigenvalue weighted by molar-refractivity contribution is 6.18. The van der Waals surface area contributed by atoms with Gasteiger partial charge in [-0.05, 0) is 71.4 Å². The number of fused-ring (bicyclic) bond motifs is 1. The zero-order chi connectivity index (χ0) is 38.9. The lowest BCUT2D eigenvalue weighted by Crippen LogP contribution is -2.52. The summed E-state index contributed by atoms with van der Waals surface area (Å²) in [7, 11) is 0. The number of anilines is 1. The number of ether oxygens (including phenoxy) is 1. The van der Waals surface area contributed by atoms with Crippen LogP contribution in [0.15, 0.2) is 103 Å². The smallest absolute Gasteiger partial charge is 0.255 e. The van der Waals surface area contributed by atoms with Crippen LogP contribution < -0.4 is 15.4 Å². The summed E-state index contributed by atoms with van der Waals surface area (Å²) in [6.45, 7) is 5.20. The predicted molar refractivity (Wildman–Crippen MR) is 219 cm³/mol. The Morgan fingerprint density at radius 3 is 2.20 bits per heavy atom. The van der Waals surface area contributed by atoms with Gasteiger partial charge in [-0.15, -0.1) is 11.6 Å². The Labute approximate surface area is 333 Å². The largest absolute Gasteiger partial charge is 0.492 e. The fraction of sp³-hybridized carbons (Fsp3) is 0.333. The Morgan fingerprint density at radius 1 is 0.804 bits per heavy atom. The van der Waals surface area contributed by atoms with Gasteiger partial charge in [-0.25, -0.2) is 0 Å². The van der Waals surface area contributed by atoms with Gasteiger partial charge >= 0.3 is 0 Å². The number of piperazine rings is 1. The van der Waals surface area contributed by atoms with Gasteiger partial charge in [0.25, 0.3) is 5.91 Å². The Hall–Kier alpha value is -5.45. The van der Waals surface area contributed by atoms with Crippen molar-refractivity contribution in [1.29, 1.82) is 0 Å². The van der Waals surface area contributed by atoms with Gasteiger partial charge in [-0.3, -0.25) is 29.4 Å². The normalized spacial score (nSPS) is 17.7. The Bertz CT molecular complexity index is 2050. The van der Waals surface area contributed by atoms with Gasteiger partial charge < -0.3 is 19.9 Å². The average molecular weight is 774 g/mol. The molecule has 56 heavy (non-hydrogen) atoms. The van der Waals surface area contributed by atoms with Gasteiger partial charge in [0, 0.05) is 81.3 Å². The molecule has 4 aromatic rings. The number of hydrogen-bond acceptors (Lipinski definition) is 7. The number of piperidine rings is 1. The van der Waals surface area contributed by atoms with Crippen molar-refractivity contribution in [3.63, 3.8) is 0 Å². The molecule has 0 saturated carbocycles. The molecule has 3 aliphatic rings. The van der Waals surface area contributed by atoms with Crippen LogP contribution in [-0.2, 0) is 20.9 Å². The first-order chi connectivity index (χ1) is 27.4. The van der Waals surface area contributed by atoms with Crippen LogP contribution in [0.3, 0.4) is 0 Å². The summed E-state index contributed by atoms with van der Waals surface area (Å²) < 4.78 is 6.18. The first kappa shape index (κ1) is 38.8. The topological polar surface area (TPSA) is 111 Å². The summed E-state index contributed by atoms with van der Waals surface area (Å²) >= 11 is 6.32. The van der Waals surface area contributed by atoms with Crippen LogP contribution >= 0.6 is 11.6 Å². The molecule has 0 bridgehead atoms. The molecule has 0 spiro atoms. The molecule has 11 heteroatoms. The number of halogens is 1. The van der Waals surface area contributed by atoms with Crippen molar-refractivity contribution < 1.29 is 23.9 Å². The van der Waals surface area contributed by atoms with Gasteiger partial charge in [-0.1, -0.05) is 78.9 Å². The van der Waals surface area contributed by atoms with E-state index in [4.69, 9.17) is 16.3 Å². The van der Waals surface area contributed by atoms with E-state index >= 15 is 0 Å². The quantitative estimate of drug-likeness (QED) is 0.0619. The van der Waals surface area contributed by atoms with Crippen LogP contribution in [-0.4, -0.2) is 96.1 Å². The zero-order valence-electron chi connectivity index (χ0n) is 31.6. The average Bonchev–Trinajstić information content (AvgIpc) is 3.57. The third kappa shape index (κ3) is 9.15. The number of hydrogen-bond donors (Lipinski definition) is 2. The number of amides is 4. The Morgan fingerprint density at radius 2 is 1.50 bits per heavy atom. The van der Waals surface area contributed by atoms with Crippen molar-refractivity contribution >= 4 is 52.1 Å². The molecule has 4 aromatic carbocycles. The number of nitrogens with one attached hydrogen (secondary N) is 2. The fourth-order valence-electron chi connectivity index (χ4n) is 7.87. The lowest BCUT2D eigenvalue weighted by atomic mass is 9.88. The van der Waals surface area contributed by atoms with E-state index in [1.807, 2.05) is 41.3 Å². The molecule has 0 aliphatic carbocycles. The van der Waals surface area contributed by atoms with Crippen LogP contribution in [0.25, 0.3) is 11.1 Å². The number of benzene rings is 4. The molecule has 2 fully saturated rings. The molecule has 3 heterocycles. The second kappa shape index (κ2) is 18.5. The van der Waals surface area contributed by atoms with E-state index < -0.39 is 11.9 Å². The Kier molecular flexibility index (Phi) is 12.8. The number of carbonyl (C=O) groups is 4. The molecule has 1 atom stereocenters. The SMILES string of the molecule is O=C1CCC(N2Cc3c(NCCCC(=O)N4CCN(CCOc5ccc(C(=C(CCCl)c6ccccc6)c6ccccc6)cc5)CC4)cccc3C2=O)C(=O)N1. The number of nitrogens with zero attached hydrogens (tertiary/aromatic N) is 3. The number of allylic oxidation sites excluding steroid dienone is 1. The maximum atomic E-state index is 13.1. The van der Waals surface area contributed by atoms with Crippen molar-refractivity contribution in [1.82, 2.24) is 20.0 Å². The van der Waals surface area contributed by atoms with Gasteiger partial charge in [0.2, 0.25) is 17.7 Å². The van der Waals surface area contributed by atoms with Gasteiger partial charge in [0.1, 0.15) is 18.4 Å². The lowest BCUT2D eigenvalue weighted by molar-refractivity contribution is -0.137. The van der Waals surface area contributed by atoms with E-state index in [-0.39, 0.29) is 24.1 Å². The summed E-state index contributed by atoms with van der Waals surface area (Å²) in [6.07, 6.45) is 2.38. The monoisotopic (exact) mass is 773 g/mol. The maximum Gasteiger partial charge on any atom is 0.255 e. The van der Waals surface area contributed by atoms with Crippen LogP contribution in [0.1, 0.15) is 64.7 Å². The molecule has 290 valence electrons. The molecule has 1 unspecified atom stereocenters. The predicted octanol–water partition coefficient (Wildman–Crippen LogP) is 6.45. The summed E-state index contributed by atoms with van der Waals surface area (Å²) in [4.78, 5) is 56.1. The molecule has 0 aromatic heterocycles. The van der Waals surface area contributed by atoms with Crippen LogP contribution in [0, 0.1) is 0 Å². The second-order valence-corrected chi connectivity index (χ2v) is 14.8. The van der Waals surface area contributed by atoms with Crippen LogP contribution in [0.4, 0.5) is 5.69 Å². The minimum absolute atomic E-state index is 0.144. The Balaban J connectivity index is 0.848. The van der Waals surface area contributed by atoms with Gasteiger partial charge in [0.15, 0.2) is 0 Å². The lowest BCUT2D eigenvalue weighted by Gasteiger charge is -2.34. The highest BCUT2D eigenvalue weighted by Crippen LogP contribution is 2.36. The molecule has 10 nitrogen and oxygen atoms in total.